The van der Waals surface area contributed by atoms with Gasteiger partial charge in [0.1, 0.15) is 17.6 Å². The Bertz CT molecular complexity index is 1190. The first-order chi connectivity index (χ1) is 16.4. The third-order valence-electron chi connectivity index (χ3n) is 5.63. The minimum Gasteiger partial charge on any atom is -0.497 e. The van der Waals surface area contributed by atoms with E-state index in [2.05, 4.69) is 5.32 Å². The highest BCUT2D eigenvalue weighted by molar-refractivity contribution is 6.22. The van der Waals surface area contributed by atoms with Crippen molar-refractivity contribution in [3.63, 3.8) is 0 Å². The summed E-state index contributed by atoms with van der Waals surface area (Å²) in [4.78, 5) is 41.8. The normalized spacial score (nSPS) is 15.6. The Balaban J connectivity index is 1.58. The third-order valence-corrected chi connectivity index (χ3v) is 5.63. The second-order valence-corrected chi connectivity index (χ2v) is 8.04. The lowest BCUT2D eigenvalue weighted by Gasteiger charge is -2.22. The Labute approximate surface area is 196 Å². The number of nitrogens with one attached hydrogen (secondary N) is 1. The molecular formula is C26H24FN3O4. The monoisotopic (exact) mass is 461 g/mol. The molecule has 1 N–H and O–H groups in total. The lowest BCUT2D eigenvalue weighted by molar-refractivity contribution is -0.124. The first-order valence-electron chi connectivity index (χ1n) is 10.8. The van der Waals surface area contributed by atoms with Gasteiger partial charge >= 0.3 is 6.03 Å². The Morgan fingerprint density at radius 3 is 2.24 bits per heavy atom. The standard InChI is InChI=1S/C26H24FN3O4/c1-17-3-5-18(6-4-17)16-29-23(15-24(31)28-20-9-13-22(34-2)14-10-20)25(32)30(26(29)33)21-11-7-19(27)8-12-21/h3-14,23H,15-16H2,1-2H3,(H,28,31)/t23-/m1/s1. The van der Waals surface area contributed by atoms with E-state index in [9.17, 15) is 18.8 Å². The summed E-state index contributed by atoms with van der Waals surface area (Å²) in [5.41, 5.74) is 2.69. The van der Waals surface area contributed by atoms with E-state index in [1.165, 1.54) is 29.2 Å². The number of halogens is 1. The summed E-state index contributed by atoms with van der Waals surface area (Å²) in [6.07, 6.45) is -0.222. The summed E-state index contributed by atoms with van der Waals surface area (Å²) in [6.45, 7) is 2.11. The van der Waals surface area contributed by atoms with Crippen molar-refractivity contribution in [3.8, 4) is 5.75 Å². The number of aryl methyl sites for hydroxylation is 1. The maximum absolute atomic E-state index is 13.4. The van der Waals surface area contributed by atoms with E-state index in [1.54, 1.807) is 31.4 Å². The zero-order valence-electron chi connectivity index (χ0n) is 18.8. The summed E-state index contributed by atoms with van der Waals surface area (Å²) in [5, 5.41) is 2.76. The quantitative estimate of drug-likeness (QED) is 0.525. The predicted molar refractivity (Wildman–Crippen MR) is 126 cm³/mol. The molecule has 174 valence electrons. The van der Waals surface area contributed by atoms with Crippen molar-refractivity contribution in [2.75, 3.05) is 17.3 Å². The van der Waals surface area contributed by atoms with Gasteiger partial charge in [-0.3, -0.25) is 9.59 Å². The minimum atomic E-state index is -1.00. The summed E-state index contributed by atoms with van der Waals surface area (Å²) < 4.78 is 18.5. The average Bonchev–Trinajstić information content (AvgIpc) is 3.05. The van der Waals surface area contributed by atoms with Gasteiger partial charge in [-0.15, -0.1) is 0 Å². The van der Waals surface area contributed by atoms with Crippen LogP contribution in [0.5, 0.6) is 5.75 Å². The molecule has 0 bridgehead atoms. The number of hydrogen-bond acceptors (Lipinski definition) is 4. The van der Waals surface area contributed by atoms with E-state index < -0.39 is 29.7 Å². The van der Waals surface area contributed by atoms with Gasteiger partial charge in [-0.25, -0.2) is 14.1 Å². The maximum atomic E-state index is 13.4. The lowest BCUT2D eigenvalue weighted by Crippen LogP contribution is -2.37. The van der Waals surface area contributed by atoms with E-state index in [-0.39, 0.29) is 18.7 Å². The highest BCUT2D eigenvalue weighted by atomic mass is 19.1. The molecule has 1 atom stereocenters. The number of carbonyl (C=O) groups excluding carboxylic acids is 3. The first kappa shape index (κ1) is 23.0. The van der Waals surface area contributed by atoms with Gasteiger partial charge in [0.25, 0.3) is 5.91 Å². The zero-order chi connectivity index (χ0) is 24.2. The fraction of sp³-hybridized carbons (Fsp3) is 0.192. The number of anilines is 2. The molecule has 1 aliphatic rings. The number of carbonyl (C=O) groups is 3. The van der Waals surface area contributed by atoms with Crippen molar-refractivity contribution in [2.45, 2.75) is 25.9 Å². The van der Waals surface area contributed by atoms with Gasteiger partial charge in [0.2, 0.25) is 5.91 Å². The van der Waals surface area contributed by atoms with Gasteiger partial charge in [-0.05, 0) is 61.0 Å². The zero-order valence-corrected chi connectivity index (χ0v) is 18.8. The SMILES string of the molecule is COc1ccc(NC(=O)C[C@@H]2C(=O)N(c3ccc(F)cc3)C(=O)N2Cc2ccc(C)cc2)cc1. The molecule has 7 nitrogen and oxygen atoms in total. The number of benzene rings is 3. The maximum Gasteiger partial charge on any atom is 0.332 e. The van der Waals surface area contributed by atoms with Gasteiger partial charge < -0.3 is 15.0 Å². The molecular weight excluding hydrogens is 437 g/mol. The van der Waals surface area contributed by atoms with Crippen LogP contribution < -0.4 is 15.0 Å². The van der Waals surface area contributed by atoms with Crippen molar-refractivity contribution in [3.05, 3.63) is 89.7 Å². The molecule has 3 aromatic rings. The fourth-order valence-corrected chi connectivity index (χ4v) is 3.79. The van der Waals surface area contributed by atoms with Crippen LogP contribution in [-0.4, -0.2) is 35.9 Å². The molecule has 0 spiro atoms. The van der Waals surface area contributed by atoms with E-state index in [4.69, 9.17) is 4.74 Å². The predicted octanol–water partition coefficient (Wildman–Crippen LogP) is 4.51. The number of nitrogens with zero attached hydrogens (tertiary/aromatic N) is 2. The summed E-state index contributed by atoms with van der Waals surface area (Å²) in [7, 11) is 1.55. The van der Waals surface area contributed by atoms with E-state index >= 15 is 0 Å². The molecule has 0 aromatic heterocycles. The highest BCUT2D eigenvalue weighted by Gasteiger charge is 2.46. The molecule has 0 aliphatic carbocycles. The third kappa shape index (κ3) is 4.91. The van der Waals surface area contributed by atoms with Crippen LogP contribution in [-0.2, 0) is 16.1 Å². The van der Waals surface area contributed by atoms with E-state index in [1.807, 2.05) is 31.2 Å². The number of ether oxygens (including phenoxy) is 1. The number of amides is 4. The van der Waals surface area contributed by atoms with Crippen LogP contribution in [0.25, 0.3) is 0 Å². The number of imide groups is 1. The van der Waals surface area contributed by atoms with Crippen LogP contribution >= 0.6 is 0 Å². The smallest absolute Gasteiger partial charge is 0.332 e. The van der Waals surface area contributed by atoms with Crippen molar-refractivity contribution in [1.29, 1.82) is 0 Å². The Morgan fingerprint density at radius 2 is 1.62 bits per heavy atom. The van der Waals surface area contributed by atoms with Crippen molar-refractivity contribution in [2.24, 2.45) is 0 Å². The molecule has 0 saturated carbocycles. The molecule has 1 fully saturated rings. The molecule has 4 amide bonds. The Hall–Kier alpha value is -4.20. The van der Waals surface area contributed by atoms with Gasteiger partial charge in [0.05, 0.1) is 19.2 Å². The second-order valence-electron chi connectivity index (χ2n) is 8.04. The van der Waals surface area contributed by atoms with Crippen LogP contribution in [0.1, 0.15) is 17.5 Å². The molecule has 1 aliphatic heterocycles. The van der Waals surface area contributed by atoms with Crippen LogP contribution in [0.2, 0.25) is 0 Å². The fourth-order valence-electron chi connectivity index (χ4n) is 3.79. The van der Waals surface area contributed by atoms with Gasteiger partial charge in [-0.2, -0.15) is 0 Å². The van der Waals surface area contributed by atoms with Crippen molar-refractivity contribution < 1.29 is 23.5 Å². The Kier molecular flexibility index (Phi) is 6.58. The van der Waals surface area contributed by atoms with Crippen LogP contribution in [0.4, 0.5) is 20.6 Å². The molecule has 1 saturated heterocycles. The molecule has 1 heterocycles. The van der Waals surface area contributed by atoms with Crippen LogP contribution in [0, 0.1) is 12.7 Å². The van der Waals surface area contributed by atoms with Gasteiger partial charge in [0, 0.05) is 12.2 Å². The van der Waals surface area contributed by atoms with E-state index in [0.29, 0.717) is 11.4 Å². The minimum absolute atomic E-state index is 0.156. The molecule has 34 heavy (non-hydrogen) atoms. The number of urea groups is 1. The van der Waals surface area contributed by atoms with Crippen LogP contribution in [0.15, 0.2) is 72.8 Å². The van der Waals surface area contributed by atoms with Crippen molar-refractivity contribution in [1.82, 2.24) is 4.90 Å². The first-order valence-corrected chi connectivity index (χ1v) is 10.8. The van der Waals surface area contributed by atoms with Gasteiger partial charge in [-0.1, -0.05) is 29.8 Å². The topological polar surface area (TPSA) is 79.0 Å². The summed E-state index contributed by atoms with van der Waals surface area (Å²) in [6, 6.07) is 17.9. The van der Waals surface area contributed by atoms with E-state index in [0.717, 1.165) is 16.0 Å². The molecule has 4 rings (SSSR count). The summed E-state index contributed by atoms with van der Waals surface area (Å²) >= 11 is 0. The molecule has 0 radical (unpaired) electrons. The second kappa shape index (κ2) is 9.74. The molecule has 0 unspecified atom stereocenters. The largest absolute Gasteiger partial charge is 0.497 e. The molecule has 3 aromatic carbocycles. The molecule has 8 heteroatoms. The summed E-state index contributed by atoms with van der Waals surface area (Å²) in [5.74, 6) is -0.775. The number of methoxy groups -OCH3 is 1. The van der Waals surface area contributed by atoms with Crippen LogP contribution in [0.3, 0.4) is 0 Å². The van der Waals surface area contributed by atoms with Gasteiger partial charge in [0.15, 0.2) is 0 Å². The average molecular weight is 461 g/mol. The number of hydrogen-bond donors (Lipinski definition) is 1. The lowest BCUT2D eigenvalue weighted by atomic mass is 10.1. The Morgan fingerprint density at radius 1 is 0.971 bits per heavy atom. The highest BCUT2D eigenvalue weighted by Crippen LogP contribution is 2.29. The van der Waals surface area contributed by atoms with Crippen molar-refractivity contribution >= 4 is 29.2 Å². The number of rotatable bonds is 7.